The smallest absolute Gasteiger partial charge is 0.274 e. The highest BCUT2D eigenvalue weighted by atomic mass is 35.5. The van der Waals surface area contributed by atoms with Crippen molar-refractivity contribution < 1.29 is 9.18 Å². The molecule has 0 atom stereocenters. The van der Waals surface area contributed by atoms with Crippen LogP contribution in [0.15, 0.2) is 18.2 Å². The number of rotatable bonds is 4. The predicted molar refractivity (Wildman–Crippen MR) is 88.5 cm³/mol. The van der Waals surface area contributed by atoms with Gasteiger partial charge in [0.05, 0.1) is 16.8 Å². The number of halogens is 2. The summed E-state index contributed by atoms with van der Waals surface area (Å²) in [6, 6.07) is 4.63. The van der Waals surface area contributed by atoms with Crippen LogP contribution in [0.3, 0.4) is 0 Å². The van der Waals surface area contributed by atoms with Crippen molar-refractivity contribution in [1.82, 2.24) is 25.6 Å². The number of nitrogens with one attached hydrogen (secondary N) is 2. The van der Waals surface area contributed by atoms with Gasteiger partial charge in [0.25, 0.3) is 5.91 Å². The molecule has 1 saturated heterocycles. The SMILES string of the molecule is Cc1c(C(=O)NCc2ccc(F)c(Cl)c2)nnn1C1CCNCC1. The molecule has 2 N–H and O–H groups in total. The molecule has 3 rings (SSSR count). The number of carbonyl (C=O) groups excluding carboxylic acids is 1. The first-order valence-corrected chi connectivity index (χ1v) is 8.28. The Labute approximate surface area is 144 Å². The van der Waals surface area contributed by atoms with E-state index < -0.39 is 5.82 Å². The summed E-state index contributed by atoms with van der Waals surface area (Å²) < 4.78 is 15.0. The topological polar surface area (TPSA) is 71.8 Å². The molecule has 0 unspecified atom stereocenters. The molecule has 1 fully saturated rings. The monoisotopic (exact) mass is 351 g/mol. The Morgan fingerprint density at radius 1 is 1.46 bits per heavy atom. The van der Waals surface area contributed by atoms with Crippen molar-refractivity contribution in [1.29, 1.82) is 0 Å². The van der Waals surface area contributed by atoms with Gasteiger partial charge in [-0.3, -0.25) is 4.79 Å². The van der Waals surface area contributed by atoms with E-state index >= 15 is 0 Å². The summed E-state index contributed by atoms with van der Waals surface area (Å²) in [5.41, 5.74) is 1.80. The summed E-state index contributed by atoms with van der Waals surface area (Å²) >= 11 is 5.74. The van der Waals surface area contributed by atoms with Crippen molar-refractivity contribution in [3.05, 3.63) is 46.0 Å². The molecule has 0 bridgehead atoms. The third-order valence-corrected chi connectivity index (χ3v) is 4.52. The van der Waals surface area contributed by atoms with Crippen molar-refractivity contribution in [3.63, 3.8) is 0 Å². The van der Waals surface area contributed by atoms with E-state index in [1.165, 1.54) is 12.1 Å². The quantitative estimate of drug-likeness (QED) is 0.886. The zero-order chi connectivity index (χ0) is 17.1. The minimum atomic E-state index is -0.479. The van der Waals surface area contributed by atoms with Gasteiger partial charge in [0.15, 0.2) is 5.69 Å². The van der Waals surface area contributed by atoms with E-state index in [0.29, 0.717) is 5.69 Å². The van der Waals surface area contributed by atoms with E-state index in [4.69, 9.17) is 11.6 Å². The number of hydrogen-bond acceptors (Lipinski definition) is 4. The molecule has 8 heteroatoms. The second-order valence-corrected chi connectivity index (χ2v) is 6.29. The maximum Gasteiger partial charge on any atom is 0.274 e. The Bertz CT molecular complexity index is 742. The lowest BCUT2D eigenvalue weighted by atomic mass is 10.1. The van der Waals surface area contributed by atoms with Gasteiger partial charge in [0.1, 0.15) is 5.82 Å². The van der Waals surface area contributed by atoms with E-state index in [1.54, 1.807) is 6.07 Å². The number of carbonyl (C=O) groups is 1. The number of aromatic nitrogens is 3. The van der Waals surface area contributed by atoms with E-state index in [-0.39, 0.29) is 23.5 Å². The Balaban J connectivity index is 1.66. The molecule has 2 heterocycles. The van der Waals surface area contributed by atoms with Crippen LogP contribution in [-0.2, 0) is 6.54 Å². The maximum atomic E-state index is 13.2. The Morgan fingerprint density at radius 2 is 2.21 bits per heavy atom. The normalized spacial score (nSPS) is 15.5. The summed E-state index contributed by atoms with van der Waals surface area (Å²) in [7, 11) is 0. The third-order valence-electron chi connectivity index (χ3n) is 4.23. The van der Waals surface area contributed by atoms with Gasteiger partial charge < -0.3 is 10.6 Å². The van der Waals surface area contributed by atoms with E-state index in [2.05, 4.69) is 20.9 Å². The van der Waals surface area contributed by atoms with Crippen LogP contribution in [0.4, 0.5) is 4.39 Å². The molecule has 0 aliphatic carbocycles. The van der Waals surface area contributed by atoms with Gasteiger partial charge in [0, 0.05) is 6.54 Å². The molecule has 0 radical (unpaired) electrons. The molecule has 0 spiro atoms. The number of amides is 1. The maximum absolute atomic E-state index is 13.2. The van der Waals surface area contributed by atoms with Gasteiger partial charge in [-0.1, -0.05) is 22.9 Å². The minimum absolute atomic E-state index is 0.0368. The summed E-state index contributed by atoms with van der Waals surface area (Å²) in [4.78, 5) is 12.3. The first-order valence-electron chi connectivity index (χ1n) is 7.91. The Morgan fingerprint density at radius 3 is 2.92 bits per heavy atom. The second kappa shape index (κ2) is 7.27. The van der Waals surface area contributed by atoms with Gasteiger partial charge in [-0.05, 0) is 50.6 Å². The molecule has 1 aromatic heterocycles. The van der Waals surface area contributed by atoms with Crippen molar-refractivity contribution in [2.45, 2.75) is 32.4 Å². The highest BCUT2D eigenvalue weighted by Crippen LogP contribution is 2.20. The summed E-state index contributed by atoms with van der Waals surface area (Å²) in [5, 5.41) is 14.3. The predicted octanol–water partition coefficient (Wildman–Crippen LogP) is 2.23. The van der Waals surface area contributed by atoms with Crippen LogP contribution in [0.2, 0.25) is 5.02 Å². The molecular formula is C16H19ClFN5O. The largest absolute Gasteiger partial charge is 0.347 e. The molecule has 1 aliphatic rings. The van der Waals surface area contributed by atoms with Gasteiger partial charge in [-0.15, -0.1) is 5.10 Å². The lowest BCUT2D eigenvalue weighted by molar-refractivity contribution is 0.0945. The summed E-state index contributed by atoms with van der Waals surface area (Å²) in [6.45, 7) is 3.98. The molecule has 0 saturated carbocycles. The zero-order valence-corrected chi connectivity index (χ0v) is 14.1. The lowest BCUT2D eigenvalue weighted by Crippen LogP contribution is -2.30. The standard InChI is InChI=1S/C16H19ClFN5O/c1-10-15(21-22-23(10)12-4-6-19-7-5-12)16(24)20-9-11-2-3-14(18)13(17)8-11/h2-3,8,12,19H,4-7,9H2,1H3,(H,20,24). The molecule has 2 aromatic rings. The van der Waals surface area contributed by atoms with Crippen LogP contribution in [-0.4, -0.2) is 34.0 Å². The van der Waals surface area contributed by atoms with Crippen LogP contribution in [0, 0.1) is 12.7 Å². The van der Waals surface area contributed by atoms with Gasteiger partial charge in [-0.25, -0.2) is 9.07 Å². The highest BCUT2D eigenvalue weighted by Gasteiger charge is 2.22. The third kappa shape index (κ3) is 3.57. The Kier molecular flexibility index (Phi) is 5.11. The average Bonchev–Trinajstić information content (AvgIpc) is 2.98. The molecule has 128 valence electrons. The van der Waals surface area contributed by atoms with Gasteiger partial charge in [0.2, 0.25) is 0 Å². The first-order chi connectivity index (χ1) is 11.6. The number of hydrogen-bond donors (Lipinski definition) is 2. The van der Waals surface area contributed by atoms with E-state index in [9.17, 15) is 9.18 Å². The highest BCUT2D eigenvalue weighted by molar-refractivity contribution is 6.30. The minimum Gasteiger partial charge on any atom is -0.347 e. The Hall–Kier alpha value is -1.99. The summed E-state index contributed by atoms with van der Waals surface area (Å²) in [6.07, 6.45) is 1.94. The van der Waals surface area contributed by atoms with Crippen LogP contribution in [0.1, 0.15) is 40.6 Å². The van der Waals surface area contributed by atoms with Gasteiger partial charge >= 0.3 is 0 Å². The van der Waals surface area contributed by atoms with Gasteiger partial charge in [-0.2, -0.15) is 0 Å². The van der Waals surface area contributed by atoms with Crippen LogP contribution in [0.5, 0.6) is 0 Å². The molecule has 24 heavy (non-hydrogen) atoms. The molecule has 6 nitrogen and oxygen atoms in total. The fourth-order valence-electron chi connectivity index (χ4n) is 2.86. The number of piperidine rings is 1. The zero-order valence-electron chi connectivity index (χ0n) is 13.4. The lowest BCUT2D eigenvalue weighted by Gasteiger charge is -2.23. The second-order valence-electron chi connectivity index (χ2n) is 5.88. The van der Waals surface area contributed by atoms with Crippen molar-refractivity contribution in [2.75, 3.05) is 13.1 Å². The first kappa shape index (κ1) is 16.9. The molecular weight excluding hydrogens is 333 g/mol. The van der Waals surface area contributed by atoms with Crippen molar-refractivity contribution >= 4 is 17.5 Å². The van der Waals surface area contributed by atoms with E-state index in [0.717, 1.165) is 37.2 Å². The molecule has 1 aromatic carbocycles. The molecule has 1 amide bonds. The van der Waals surface area contributed by atoms with E-state index in [1.807, 2.05) is 11.6 Å². The van der Waals surface area contributed by atoms with Crippen molar-refractivity contribution in [3.8, 4) is 0 Å². The average molecular weight is 352 g/mol. The van der Waals surface area contributed by atoms with Crippen LogP contribution >= 0.6 is 11.6 Å². The fourth-order valence-corrected chi connectivity index (χ4v) is 3.07. The van der Waals surface area contributed by atoms with Crippen LogP contribution in [0.25, 0.3) is 0 Å². The fraction of sp³-hybridized carbons (Fsp3) is 0.438. The van der Waals surface area contributed by atoms with Crippen LogP contribution < -0.4 is 10.6 Å². The number of nitrogens with zero attached hydrogens (tertiary/aromatic N) is 3. The molecule has 1 aliphatic heterocycles. The number of benzene rings is 1. The summed E-state index contributed by atoms with van der Waals surface area (Å²) in [5.74, 6) is -0.777. The van der Waals surface area contributed by atoms with Crippen molar-refractivity contribution in [2.24, 2.45) is 0 Å².